The van der Waals surface area contributed by atoms with E-state index in [9.17, 15) is 4.79 Å². The van der Waals surface area contributed by atoms with Crippen LogP contribution in [0.4, 0.5) is 0 Å². The van der Waals surface area contributed by atoms with Crippen LogP contribution in [0.5, 0.6) is 5.75 Å². The van der Waals surface area contributed by atoms with E-state index in [1.165, 1.54) is 0 Å². The van der Waals surface area contributed by atoms with Gasteiger partial charge < -0.3 is 9.72 Å². The van der Waals surface area contributed by atoms with Crippen LogP contribution in [-0.2, 0) is 0 Å². The molecule has 2 aromatic rings. The Hall–Kier alpha value is -1.77. The fourth-order valence-electron chi connectivity index (χ4n) is 2.79. The van der Waals surface area contributed by atoms with Crippen LogP contribution in [-0.4, -0.2) is 16.4 Å². The molecule has 1 N–H and O–H groups in total. The topological polar surface area (TPSA) is 42.1 Å². The Balaban J connectivity index is 2.09. The fraction of sp³-hybridized carbons (Fsp3) is 0.571. The first-order chi connectivity index (χ1) is 11.2. The second kappa shape index (κ2) is 7.42. The van der Waals surface area contributed by atoms with Gasteiger partial charge >= 0.3 is 0 Å². The molecule has 132 valence electrons. The maximum Gasteiger partial charge on any atom is 0.178 e. The number of hydrogen-bond donors (Lipinski definition) is 1. The van der Waals surface area contributed by atoms with Gasteiger partial charge in [0.25, 0.3) is 0 Å². The number of H-pyrrole nitrogens is 1. The van der Waals surface area contributed by atoms with E-state index in [1.807, 2.05) is 31.2 Å². The number of fused-ring (bicyclic) bond motifs is 1. The molecule has 0 aliphatic heterocycles. The van der Waals surface area contributed by atoms with Crippen molar-refractivity contribution in [2.75, 3.05) is 0 Å². The summed E-state index contributed by atoms with van der Waals surface area (Å²) in [7, 11) is 0. The Morgan fingerprint density at radius 3 is 2.54 bits per heavy atom. The van der Waals surface area contributed by atoms with Crippen LogP contribution in [0.15, 0.2) is 24.3 Å². The van der Waals surface area contributed by atoms with Gasteiger partial charge in [0.05, 0.1) is 5.69 Å². The molecule has 3 heteroatoms. The molecule has 2 rings (SSSR count). The molecule has 0 fully saturated rings. The summed E-state index contributed by atoms with van der Waals surface area (Å²) in [5.74, 6) is 2.39. The molecule has 1 aromatic heterocycles. The molecule has 0 radical (unpaired) electrons. The number of hydrogen-bond acceptors (Lipinski definition) is 2. The van der Waals surface area contributed by atoms with Gasteiger partial charge in [-0.15, -0.1) is 0 Å². The molecular formula is C21H31NO2. The maximum absolute atomic E-state index is 11.8. The average Bonchev–Trinajstić information content (AvgIpc) is 2.94. The van der Waals surface area contributed by atoms with Crippen molar-refractivity contribution >= 4 is 16.7 Å². The number of nitrogens with one attached hydrogen (secondary N) is 1. The first-order valence-corrected chi connectivity index (χ1v) is 9.07. The minimum atomic E-state index is -0.199. The Bertz CT molecular complexity index is 697. The monoisotopic (exact) mass is 329 g/mol. The van der Waals surface area contributed by atoms with Gasteiger partial charge in [-0.1, -0.05) is 27.7 Å². The Labute approximate surface area is 145 Å². The van der Waals surface area contributed by atoms with Crippen molar-refractivity contribution in [2.45, 2.75) is 66.4 Å². The SMILES string of the molecule is CCC(=O)c1cc2cc(OC(C)(C)CCC(C)C(C)C)ccc2[nH]1. The van der Waals surface area contributed by atoms with Crippen LogP contribution in [0.1, 0.15) is 71.3 Å². The molecule has 3 nitrogen and oxygen atoms in total. The van der Waals surface area contributed by atoms with E-state index in [-0.39, 0.29) is 11.4 Å². The number of ether oxygens (including phenoxy) is 1. The van der Waals surface area contributed by atoms with Gasteiger partial charge in [0.15, 0.2) is 5.78 Å². The van der Waals surface area contributed by atoms with E-state index in [0.717, 1.165) is 29.5 Å². The number of aromatic nitrogens is 1. The average molecular weight is 329 g/mol. The molecule has 1 atom stereocenters. The van der Waals surface area contributed by atoms with E-state index < -0.39 is 0 Å². The van der Waals surface area contributed by atoms with Gasteiger partial charge in [0.1, 0.15) is 11.4 Å². The molecule has 0 aliphatic carbocycles. The normalized spacial score (nSPS) is 13.5. The van der Waals surface area contributed by atoms with Crippen LogP contribution in [0, 0.1) is 11.8 Å². The number of aromatic amines is 1. The van der Waals surface area contributed by atoms with Gasteiger partial charge in [0, 0.05) is 17.3 Å². The smallest absolute Gasteiger partial charge is 0.178 e. The standard InChI is InChI=1S/C21H31NO2/c1-7-20(23)19-13-16-12-17(8-9-18(16)22-19)24-21(5,6)11-10-15(4)14(2)3/h8-9,12-15,22H,7,10-11H2,1-6H3. The number of carbonyl (C=O) groups is 1. The lowest BCUT2D eigenvalue weighted by molar-refractivity contribution is 0.0892. The zero-order chi connectivity index (χ0) is 17.9. The number of rotatable bonds is 8. The van der Waals surface area contributed by atoms with Crippen molar-refractivity contribution in [1.82, 2.24) is 4.98 Å². The first kappa shape index (κ1) is 18.6. The second-order valence-electron chi connectivity index (χ2n) is 7.83. The third-order valence-corrected chi connectivity index (χ3v) is 4.95. The lowest BCUT2D eigenvalue weighted by Crippen LogP contribution is -2.29. The van der Waals surface area contributed by atoms with Crippen molar-refractivity contribution in [1.29, 1.82) is 0 Å². The summed E-state index contributed by atoms with van der Waals surface area (Å²) >= 11 is 0. The van der Waals surface area contributed by atoms with E-state index in [2.05, 4.69) is 39.6 Å². The highest BCUT2D eigenvalue weighted by Crippen LogP contribution is 2.29. The third-order valence-electron chi connectivity index (χ3n) is 4.95. The van der Waals surface area contributed by atoms with Crippen LogP contribution in [0.25, 0.3) is 10.9 Å². The van der Waals surface area contributed by atoms with E-state index >= 15 is 0 Å². The third kappa shape index (κ3) is 4.62. The highest BCUT2D eigenvalue weighted by Gasteiger charge is 2.22. The lowest BCUT2D eigenvalue weighted by Gasteiger charge is -2.28. The van der Waals surface area contributed by atoms with Crippen LogP contribution >= 0.6 is 0 Å². The summed E-state index contributed by atoms with van der Waals surface area (Å²) in [5.41, 5.74) is 1.45. The number of ketones is 1. The molecule has 0 saturated carbocycles. The summed E-state index contributed by atoms with van der Waals surface area (Å²) < 4.78 is 6.24. The fourth-order valence-corrected chi connectivity index (χ4v) is 2.79. The lowest BCUT2D eigenvalue weighted by atomic mass is 9.89. The minimum absolute atomic E-state index is 0.136. The molecule has 1 heterocycles. The zero-order valence-corrected chi connectivity index (χ0v) is 15.9. The van der Waals surface area contributed by atoms with Gasteiger partial charge in [-0.3, -0.25) is 4.79 Å². The van der Waals surface area contributed by atoms with Crippen molar-refractivity contribution in [3.63, 3.8) is 0 Å². The second-order valence-corrected chi connectivity index (χ2v) is 7.83. The van der Waals surface area contributed by atoms with Crippen molar-refractivity contribution in [2.24, 2.45) is 11.8 Å². The molecule has 0 spiro atoms. The van der Waals surface area contributed by atoms with E-state index in [1.54, 1.807) is 0 Å². The first-order valence-electron chi connectivity index (χ1n) is 9.07. The molecule has 0 saturated heterocycles. The molecule has 1 unspecified atom stereocenters. The Morgan fingerprint density at radius 1 is 1.21 bits per heavy atom. The molecule has 0 bridgehead atoms. The number of benzene rings is 1. The summed E-state index contributed by atoms with van der Waals surface area (Å²) in [6.07, 6.45) is 2.69. The molecule has 0 aliphatic rings. The van der Waals surface area contributed by atoms with Crippen molar-refractivity contribution in [3.8, 4) is 5.75 Å². The van der Waals surface area contributed by atoms with Gasteiger partial charge in [-0.25, -0.2) is 0 Å². The van der Waals surface area contributed by atoms with Crippen molar-refractivity contribution in [3.05, 3.63) is 30.0 Å². The number of Topliss-reactive ketones (excluding diaryl/α,β-unsaturated/α-hetero) is 1. The Kier molecular flexibility index (Phi) is 5.74. The summed E-state index contributed by atoms with van der Waals surface area (Å²) in [5, 5.41) is 1.02. The van der Waals surface area contributed by atoms with Gasteiger partial charge in [-0.05, 0) is 62.8 Å². The highest BCUT2D eigenvalue weighted by atomic mass is 16.5. The van der Waals surface area contributed by atoms with Crippen LogP contribution in [0.2, 0.25) is 0 Å². The quantitative estimate of drug-likeness (QED) is 0.604. The van der Waals surface area contributed by atoms with Gasteiger partial charge in [0.2, 0.25) is 0 Å². The zero-order valence-electron chi connectivity index (χ0n) is 15.9. The van der Waals surface area contributed by atoms with Gasteiger partial charge in [-0.2, -0.15) is 0 Å². The maximum atomic E-state index is 11.8. The number of carbonyl (C=O) groups excluding carboxylic acids is 1. The summed E-state index contributed by atoms with van der Waals surface area (Å²) in [6, 6.07) is 7.91. The largest absolute Gasteiger partial charge is 0.488 e. The predicted octanol–water partition coefficient (Wildman–Crippen LogP) is 5.99. The van der Waals surface area contributed by atoms with E-state index in [4.69, 9.17) is 4.74 Å². The highest BCUT2D eigenvalue weighted by molar-refractivity contribution is 5.99. The minimum Gasteiger partial charge on any atom is -0.488 e. The molecule has 1 aromatic carbocycles. The van der Waals surface area contributed by atoms with E-state index in [0.29, 0.717) is 24.0 Å². The summed E-state index contributed by atoms with van der Waals surface area (Å²) in [4.78, 5) is 15.0. The molecule has 0 amide bonds. The Morgan fingerprint density at radius 2 is 1.92 bits per heavy atom. The van der Waals surface area contributed by atoms with Crippen LogP contribution in [0.3, 0.4) is 0 Å². The predicted molar refractivity (Wildman–Crippen MR) is 101 cm³/mol. The van der Waals surface area contributed by atoms with Crippen molar-refractivity contribution < 1.29 is 9.53 Å². The summed E-state index contributed by atoms with van der Waals surface area (Å²) in [6.45, 7) is 13.0. The molecular weight excluding hydrogens is 298 g/mol. The van der Waals surface area contributed by atoms with Crippen LogP contribution < -0.4 is 4.74 Å². The molecule has 24 heavy (non-hydrogen) atoms.